The Morgan fingerprint density at radius 1 is 1.04 bits per heavy atom. The highest BCUT2D eigenvalue weighted by Crippen LogP contribution is 2.26. The standard InChI is InChI=1S/C20H21N3O4/c1-13(2)14-4-10-17(11-5-14)26-12-18(24)21-20-19(22-27-23-20)15-6-8-16(25-3)9-7-15/h4-11,13H,12H2,1-3H3,(H,21,23,24). The van der Waals surface area contributed by atoms with Gasteiger partial charge in [0.25, 0.3) is 5.91 Å². The first-order chi connectivity index (χ1) is 13.1. The van der Waals surface area contributed by atoms with Crippen molar-refractivity contribution < 1.29 is 18.9 Å². The maximum atomic E-state index is 12.2. The van der Waals surface area contributed by atoms with Gasteiger partial charge in [-0.1, -0.05) is 26.0 Å². The molecular weight excluding hydrogens is 346 g/mol. The molecule has 3 rings (SSSR count). The van der Waals surface area contributed by atoms with Crippen LogP contribution in [0.1, 0.15) is 25.3 Å². The van der Waals surface area contributed by atoms with Crippen LogP contribution in [0.2, 0.25) is 0 Å². The molecule has 0 saturated heterocycles. The fraction of sp³-hybridized carbons (Fsp3) is 0.250. The number of nitrogens with one attached hydrogen (secondary N) is 1. The number of hydrogen-bond donors (Lipinski definition) is 1. The van der Waals surface area contributed by atoms with Crippen LogP contribution >= 0.6 is 0 Å². The van der Waals surface area contributed by atoms with Crippen molar-refractivity contribution in [1.29, 1.82) is 0 Å². The number of carbonyl (C=O) groups is 1. The van der Waals surface area contributed by atoms with E-state index in [-0.39, 0.29) is 18.3 Å². The number of nitrogens with zero attached hydrogens (tertiary/aromatic N) is 2. The normalized spacial score (nSPS) is 10.7. The van der Waals surface area contributed by atoms with Crippen LogP contribution in [0.15, 0.2) is 53.2 Å². The van der Waals surface area contributed by atoms with E-state index in [1.807, 2.05) is 24.3 Å². The molecule has 7 heteroatoms. The maximum Gasteiger partial charge on any atom is 0.263 e. The number of anilines is 1. The first-order valence-corrected chi connectivity index (χ1v) is 8.56. The Morgan fingerprint density at radius 3 is 2.33 bits per heavy atom. The van der Waals surface area contributed by atoms with Gasteiger partial charge in [-0.15, -0.1) is 0 Å². The second kappa shape index (κ2) is 8.35. The molecule has 0 aliphatic heterocycles. The Bertz CT molecular complexity index is 886. The Balaban J connectivity index is 1.60. The van der Waals surface area contributed by atoms with E-state index in [2.05, 4.69) is 29.5 Å². The zero-order valence-corrected chi connectivity index (χ0v) is 15.4. The molecule has 0 fully saturated rings. The van der Waals surface area contributed by atoms with Crippen molar-refractivity contribution in [3.8, 4) is 22.8 Å². The van der Waals surface area contributed by atoms with Crippen molar-refractivity contribution in [3.63, 3.8) is 0 Å². The predicted molar refractivity (Wildman–Crippen MR) is 101 cm³/mol. The van der Waals surface area contributed by atoms with E-state index < -0.39 is 0 Å². The van der Waals surface area contributed by atoms with E-state index in [1.54, 1.807) is 31.4 Å². The van der Waals surface area contributed by atoms with Crippen LogP contribution < -0.4 is 14.8 Å². The highest BCUT2D eigenvalue weighted by molar-refractivity contribution is 5.94. The third-order valence-electron chi connectivity index (χ3n) is 4.03. The molecule has 140 valence electrons. The minimum atomic E-state index is -0.353. The third kappa shape index (κ3) is 4.63. The largest absolute Gasteiger partial charge is 0.497 e. The second-order valence-electron chi connectivity index (χ2n) is 6.25. The van der Waals surface area contributed by atoms with Gasteiger partial charge in [0.05, 0.1) is 7.11 Å². The van der Waals surface area contributed by atoms with E-state index in [0.29, 0.717) is 17.4 Å². The number of methoxy groups -OCH3 is 1. The van der Waals surface area contributed by atoms with E-state index in [0.717, 1.165) is 11.3 Å². The topological polar surface area (TPSA) is 86.5 Å². The number of amides is 1. The van der Waals surface area contributed by atoms with Crippen molar-refractivity contribution in [3.05, 3.63) is 54.1 Å². The van der Waals surface area contributed by atoms with Gasteiger partial charge in [0, 0.05) is 5.56 Å². The van der Waals surface area contributed by atoms with Crippen LogP contribution in [0.4, 0.5) is 5.82 Å². The summed E-state index contributed by atoms with van der Waals surface area (Å²) in [6.45, 7) is 4.10. The van der Waals surface area contributed by atoms with Gasteiger partial charge in [-0.25, -0.2) is 4.63 Å². The molecule has 2 aromatic carbocycles. The third-order valence-corrected chi connectivity index (χ3v) is 4.03. The van der Waals surface area contributed by atoms with Crippen LogP contribution in [-0.4, -0.2) is 29.9 Å². The molecule has 1 N–H and O–H groups in total. The molecule has 7 nitrogen and oxygen atoms in total. The summed E-state index contributed by atoms with van der Waals surface area (Å²) in [5, 5.41) is 10.3. The van der Waals surface area contributed by atoms with Gasteiger partial charge < -0.3 is 14.8 Å². The first kappa shape index (κ1) is 18.4. The van der Waals surface area contributed by atoms with Gasteiger partial charge in [-0.3, -0.25) is 4.79 Å². The zero-order valence-electron chi connectivity index (χ0n) is 15.4. The fourth-order valence-corrected chi connectivity index (χ4v) is 2.47. The predicted octanol–water partition coefficient (Wildman–Crippen LogP) is 3.89. The SMILES string of the molecule is COc1ccc(-c2nonc2NC(=O)COc2ccc(C(C)C)cc2)cc1. The second-order valence-corrected chi connectivity index (χ2v) is 6.25. The summed E-state index contributed by atoms with van der Waals surface area (Å²) in [4.78, 5) is 12.2. The minimum absolute atomic E-state index is 0.143. The first-order valence-electron chi connectivity index (χ1n) is 8.56. The molecule has 0 spiro atoms. The van der Waals surface area contributed by atoms with Crippen molar-refractivity contribution >= 4 is 11.7 Å². The lowest BCUT2D eigenvalue weighted by Gasteiger charge is -2.09. The number of aromatic nitrogens is 2. The molecule has 0 radical (unpaired) electrons. The number of carbonyl (C=O) groups excluding carboxylic acids is 1. The van der Waals surface area contributed by atoms with Crippen molar-refractivity contribution in [1.82, 2.24) is 10.3 Å². The fourth-order valence-electron chi connectivity index (χ4n) is 2.47. The number of ether oxygens (including phenoxy) is 2. The van der Waals surface area contributed by atoms with Crippen LogP contribution in [0.25, 0.3) is 11.3 Å². The molecule has 0 aliphatic rings. The summed E-state index contributed by atoms with van der Waals surface area (Å²) in [5.41, 5.74) is 2.40. The molecule has 1 aromatic heterocycles. The number of rotatable bonds is 7. The lowest BCUT2D eigenvalue weighted by Crippen LogP contribution is -2.20. The summed E-state index contributed by atoms with van der Waals surface area (Å²) in [5.74, 6) is 1.68. The minimum Gasteiger partial charge on any atom is -0.497 e. The molecule has 0 aliphatic carbocycles. The molecule has 0 unspecified atom stereocenters. The molecular formula is C20H21N3O4. The summed E-state index contributed by atoms with van der Waals surface area (Å²) < 4.78 is 15.4. The van der Waals surface area contributed by atoms with Gasteiger partial charge in [0.1, 0.15) is 11.5 Å². The molecule has 0 bridgehead atoms. The molecule has 3 aromatic rings. The lowest BCUT2D eigenvalue weighted by molar-refractivity contribution is -0.118. The maximum absolute atomic E-state index is 12.2. The summed E-state index contributed by atoms with van der Waals surface area (Å²) in [6.07, 6.45) is 0. The van der Waals surface area contributed by atoms with Gasteiger partial charge in [0.2, 0.25) is 5.82 Å². The van der Waals surface area contributed by atoms with E-state index in [1.165, 1.54) is 5.56 Å². The smallest absolute Gasteiger partial charge is 0.263 e. The van der Waals surface area contributed by atoms with E-state index in [4.69, 9.17) is 14.1 Å². The summed E-state index contributed by atoms with van der Waals surface area (Å²) in [7, 11) is 1.59. The lowest BCUT2D eigenvalue weighted by atomic mass is 10.0. The van der Waals surface area contributed by atoms with Gasteiger partial charge >= 0.3 is 0 Å². The average Bonchev–Trinajstić information content (AvgIpc) is 3.14. The molecule has 0 atom stereocenters. The molecule has 0 saturated carbocycles. The summed E-state index contributed by atoms with van der Waals surface area (Å²) >= 11 is 0. The Kier molecular flexibility index (Phi) is 5.71. The number of benzene rings is 2. The van der Waals surface area contributed by atoms with Crippen LogP contribution in [0, 0.1) is 0 Å². The van der Waals surface area contributed by atoms with Gasteiger partial charge in [-0.2, -0.15) is 0 Å². The average molecular weight is 367 g/mol. The highest BCUT2D eigenvalue weighted by Gasteiger charge is 2.15. The van der Waals surface area contributed by atoms with Crippen LogP contribution in [0.3, 0.4) is 0 Å². The highest BCUT2D eigenvalue weighted by atomic mass is 16.6. The van der Waals surface area contributed by atoms with Crippen LogP contribution in [-0.2, 0) is 4.79 Å². The van der Waals surface area contributed by atoms with E-state index in [9.17, 15) is 4.79 Å². The zero-order chi connectivity index (χ0) is 19.2. The Morgan fingerprint density at radius 2 is 1.70 bits per heavy atom. The number of hydrogen-bond acceptors (Lipinski definition) is 6. The van der Waals surface area contributed by atoms with Gasteiger partial charge in [-0.05, 0) is 58.2 Å². The Labute approximate surface area is 157 Å². The van der Waals surface area contributed by atoms with Gasteiger partial charge in [0.15, 0.2) is 12.3 Å². The van der Waals surface area contributed by atoms with E-state index >= 15 is 0 Å². The molecule has 1 amide bonds. The summed E-state index contributed by atoms with van der Waals surface area (Å²) in [6, 6.07) is 14.9. The van der Waals surface area contributed by atoms with Crippen molar-refractivity contribution in [2.45, 2.75) is 19.8 Å². The van der Waals surface area contributed by atoms with Crippen LogP contribution in [0.5, 0.6) is 11.5 Å². The van der Waals surface area contributed by atoms with Crippen molar-refractivity contribution in [2.24, 2.45) is 0 Å². The quantitative estimate of drug-likeness (QED) is 0.682. The Hall–Kier alpha value is -3.35. The van der Waals surface area contributed by atoms with Crippen molar-refractivity contribution in [2.75, 3.05) is 19.0 Å². The monoisotopic (exact) mass is 367 g/mol. The molecule has 1 heterocycles. The molecule has 27 heavy (non-hydrogen) atoms.